The van der Waals surface area contributed by atoms with Crippen molar-refractivity contribution in [1.82, 2.24) is 4.90 Å². The van der Waals surface area contributed by atoms with E-state index in [1.54, 1.807) is 36.4 Å². The van der Waals surface area contributed by atoms with E-state index in [0.717, 1.165) is 33.4 Å². The highest BCUT2D eigenvalue weighted by Gasteiger charge is 2.36. The number of amides is 3. The van der Waals surface area contributed by atoms with Crippen LogP contribution >= 0.6 is 50.9 Å². The fourth-order valence-corrected chi connectivity index (χ4v) is 5.62. The van der Waals surface area contributed by atoms with E-state index in [4.69, 9.17) is 32.7 Å². The van der Waals surface area contributed by atoms with Gasteiger partial charge in [0.05, 0.1) is 16.5 Å². The molecule has 11 heteroatoms. The van der Waals surface area contributed by atoms with Crippen molar-refractivity contribution in [3.63, 3.8) is 0 Å². The van der Waals surface area contributed by atoms with Crippen LogP contribution in [0.3, 0.4) is 0 Å². The molecule has 0 atom stereocenters. The number of methoxy groups -OCH3 is 1. The normalized spacial score (nSPS) is 14.2. The van der Waals surface area contributed by atoms with E-state index < -0.39 is 17.1 Å². The molecule has 1 fully saturated rings. The fourth-order valence-electron chi connectivity index (χ4n) is 3.74. The molecular formula is C28H23BrCl2N2O5S. The van der Waals surface area contributed by atoms with E-state index in [0.29, 0.717) is 37.3 Å². The maximum Gasteiger partial charge on any atom is 0.294 e. The second-order valence-corrected chi connectivity index (χ2v) is 11.4. The van der Waals surface area contributed by atoms with E-state index in [1.165, 1.54) is 7.11 Å². The van der Waals surface area contributed by atoms with Crippen molar-refractivity contribution in [3.8, 4) is 11.5 Å². The van der Waals surface area contributed by atoms with Crippen molar-refractivity contribution >= 4 is 79.7 Å². The molecule has 1 aliphatic heterocycles. The predicted molar refractivity (Wildman–Crippen MR) is 159 cm³/mol. The lowest BCUT2D eigenvalue weighted by Gasteiger charge is -2.15. The molecule has 1 saturated heterocycles. The Morgan fingerprint density at radius 1 is 1.10 bits per heavy atom. The molecule has 3 amide bonds. The third-order valence-electron chi connectivity index (χ3n) is 5.78. The molecule has 1 heterocycles. The fraction of sp³-hybridized carbons (Fsp3) is 0.179. The van der Waals surface area contributed by atoms with Crippen molar-refractivity contribution < 1.29 is 23.9 Å². The van der Waals surface area contributed by atoms with Crippen molar-refractivity contribution in [2.24, 2.45) is 0 Å². The Hall–Kier alpha value is -2.98. The van der Waals surface area contributed by atoms with Gasteiger partial charge >= 0.3 is 0 Å². The third-order valence-corrected chi connectivity index (χ3v) is 7.86. The Morgan fingerprint density at radius 3 is 2.59 bits per heavy atom. The summed E-state index contributed by atoms with van der Waals surface area (Å²) in [6.45, 7) is 3.57. The van der Waals surface area contributed by atoms with Crippen molar-refractivity contribution in [3.05, 3.63) is 90.2 Å². The lowest BCUT2D eigenvalue weighted by atomic mass is 10.1. The van der Waals surface area contributed by atoms with Crippen LogP contribution in [0.4, 0.5) is 10.5 Å². The largest absolute Gasteiger partial charge is 0.493 e. The van der Waals surface area contributed by atoms with Crippen LogP contribution in [0.15, 0.2) is 57.9 Å². The maximum absolute atomic E-state index is 13.0. The van der Waals surface area contributed by atoms with Crippen LogP contribution in [0.2, 0.25) is 10.0 Å². The van der Waals surface area contributed by atoms with Crippen LogP contribution in [0.1, 0.15) is 22.3 Å². The summed E-state index contributed by atoms with van der Waals surface area (Å²) in [5.74, 6) is -0.155. The van der Waals surface area contributed by atoms with Gasteiger partial charge in [0.15, 0.2) is 11.5 Å². The van der Waals surface area contributed by atoms with Crippen LogP contribution in [0.5, 0.6) is 11.5 Å². The number of benzene rings is 3. The van der Waals surface area contributed by atoms with Gasteiger partial charge in [-0.05, 0) is 94.6 Å². The van der Waals surface area contributed by atoms with E-state index in [2.05, 4.69) is 21.2 Å². The monoisotopic (exact) mass is 648 g/mol. The molecule has 0 aliphatic carbocycles. The Labute approximate surface area is 248 Å². The average molecular weight is 650 g/mol. The SMILES string of the molecule is COc1cc(/C=C2/SC(=O)N(CC(=O)Nc3cc(C)ccc3C)C2=O)cc(Br)c1OCc1ccc(Cl)cc1Cl. The number of halogens is 3. The van der Waals surface area contributed by atoms with Crippen LogP contribution < -0.4 is 14.8 Å². The van der Waals surface area contributed by atoms with Gasteiger partial charge in [-0.25, -0.2) is 0 Å². The molecule has 1 aliphatic rings. The minimum Gasteiger partial charge on any atom is -0.493 e. The molecule has 0 spiro atoms. The summed E-state index contributed by atoms with van der Waals surface area (Å²) in [7, 11) is 1.50. The summed E-state index contributed by atoms with van der Waals surface area (Å²) >= 11 is 16.5. The first-order valence-corrected chi connectivity index (χ1v) is 14.0. The topological polar surface area (TPSA) is 84.9 Å². The van der Waals surface area contributed by atoms with Crippen LogP contribution in [-0.2, 0) is 16.2 Å². The standard InChI is InChI=1S/C28H23BrCl2N2O5S/c1-15-4-5-16(2)22(8-15)32-25(34)13-33-27(35)24(39-28(33)36)11-17-9-20(29)26(23(10-17)37-3)38-14-18-6-7-19(30)12-21(18)31/h4-12H,13-14H2,1-3H3,(H,32,34)/b24-11+. The molecule has 0 radical (unpaired) electrons. The Kier molecular flexibility index (Phi) is 9.27. The zero-order chi connectivity index (χ0) is 28.3. The highest BCUT2D eigenvalue weighted by Crippen LogP contribution is 2.40. The van der Waals surface area contributed by atoms with Gasteiger partial charge in [-0.3, -0.25) is 19.3 Å². The smallest absolute Gasteiger partial charge is 0.294 e. The Bertz CT molecular complexity index is 1510. The van der Waals surface area contributed by atoms with E-state index >= 15 is 0 Å². The second-order valence-electron chi connectivity index (χ2n) is 8.69. The zero-order valence-corrected chi connectivity index (χ0v) is 25.1. The van der Waals surface area contributed by atoms with Crippen molar-refractivity contribution in [2.75, 3.05) is 19.0 Å². The first-order valence-electron chi connectivity index (χ1n) is 11.6. The summed E-state index contributed by atoms with van der Waals surface area (Å²) in [6.07, 6.45) is 1.57. The summed E-state index contributed by atoms with van der Waals surface area (Å²) in [6, 6.07) is 14.2. The number of nitrogens with zero attached hydrogens (tertiary/aromatic N) is 1. The minimum absolute atomic E-state index is 0.174. The number of rotatable bonds is 8. The molecule has 0 aromatic heterocycles. The molecule has 4 rings (SSSR count). The van der Waals surface area contributed by atoms with Crippen LogP contribution in [0.25, 0.3) is 6.08 Å². The number of anilines is 1. The number of nitrogens with one attached hydrogen (secondary N) is 1. The number of imide groups is 1. The molecule has 0 saturated carbocycles. The number of aryl methyl sites for hydroxylation is 2. The molecular weight excluding hydrogens is 627 g/mol. The van der Waals surface area contributed by atoms with Gasteiger partial charge in [-0.15, -0.1) is 0 Å². The number of hydrogen-bond acceptors (Lipinski definition) is 6. The van der Waals surface area contributed by atoms with Crippen molar-refractivity contribution in [1.29, 1.82) is 0 Å². The first kappa shape index (κ1) is 29.0. The molecule has 202 valence electrons. The molecule has 39 heavy (non-hydrogen) atoms. The number of carbonyl (C=O) groups excluding carboxylic acids is 3. The van der Waals surface area contributed by atoms with Gasteiger partial charge in [0.1, 0.15) is 13.2 Å². The quantitative estimate of drug-likeness (QED) is 0.253. The molecule has 1 N–H and O–H groups in total. The van der Waals surface area contributed by atoms with E-state index in [1.807, 2.05) is 32.0 Å². The Morgan fingerprint density at radius 2 is 1.87 bits per heavy atom. The number of hydrogen-bond donors (Lipinski definition) is 1. The molecule has 0 unspecified atom stereocenters. The van der Waals surface area contributed by atoms with Crippen LogP contribution in [0, 0.1) is 13.8 Å². The number of carbonyl (C=O) groups is 3. The molecule has 3 aromatic rings. The number of ether oxygens (including phenoxy) is 2. The van der Waals surface area contributed by atoms with Gasteiger partial charge in [0.25, 0.3) is 11.1 Å². The molecule has 3 aromatic carbocycles. The summed E-state index contributed by atoms with van der Waals surface area (Å²) < 4.78 is 12.0. The minimum atomic E-state index is -0.547. The van der Waals surface area contributed by atoms with Crippen LogP contribution in [-0.4, -0.2) is 35.6 Å². The number of thioether (sulfide) groups is 1. The first-order chi connectivity index (χ1) is 18.5. The van der Waals surface area contributed by atoms with Gasteiger partial charge < -0.3 is 14.8 Å². The lowest BCUT2D eigenvalue weighted by molar-refractivity contribution is -0.127. The van der Waals surface area contributed by atoms with Gasteiger partial charge in [-0.2, -0.15) is 0 Å². The van der Waals surface area contributed by atoms with Gasteiger partial charge in [0.2, 0.25) is 5.91 Å². The maximum atomic E-state index is 13.0. The highest BCUT2D eigenvalue weighted by atomic mass is 79.9. The molecule has 0 bridgehead atoms. The zero-order valence-electron chi connectivity index (χ0n) is 21.1. The van der Waals surface area contributed by atoms with Gasteiger partial charge in [-0.1, -0.05) is 41.4 Å². The highest BCUT2D eigenvalue weighted by molar-refractivity contribution is 9.10. The van der Waals surface area contributed by atoms with E-state index in [-0.39, 0.29) is 18.1 Å². The summed E-state index contributed by atoms with van der Waals surface area (Å²) in [5, 5.41) is 3.26. The summed E-state index contributed by atoms with van der Waals surface area (Å²) in [5.41, 5.74) is 3.85. The van der Waals surface area contributed by atoms with E-state index in [9.17, 15) is 14.4 Å². The Balaban J connectivity index is 1.48. The average Bonchev–Trinajstić information content (AvgIpc) is 3.13. The van der Waals surface area contributed by atoms with Crippen molar-refractivity contribution in [2.45, 2.75) is 20.5 Å². The third kappa shape index (κ3) is 6.97. The van der Waals surface area contributed by atoms with Gasteiger partial charge in [0, 0.05) is 21.3 Å². The lowest BCUT2D eigenvalue weighted by Crippen LogP contribution is -2.36. The molecule has 7 nitrogen and oxygen atoms in total. The second kappa shape index (κ2) is 12.5. The summed E-state index contributed by atoms with van der Waals surface area (Å²) in [4.78, 5) is 39.3. The predicted octanol–water partition coefficient (Wildman–Crippen LogP) is 7.64.